The summed E-state index contributed by atoms with van der Waals surface area (Å²) >= 11 is 0. The second kappa shape index (κ2) is 8.02. The van der Waals surface area contributed by atoms with Gasteiger partial charge in [-0.25, -0.2) is 12.7 Å². The van der Waals surface area contributed by atoms with Crippen LogP contribution in [-0.2, 0) is 19.2 Å². The average molecular weight is 525 g/mol. The van der Waals surface area contributed by atoms with E-state index in [2.05, 4.69) is 53.8 Å². The van der Waals surface area contributed by atoms with E-state index in [1.165, 1.54) is 4.31 Å². The molecule has 4 aliphatic rings. The highest BCUT2D eigenvalue weighted by Gasteiger charge is 2.72. The molecule has 2 bridgehead atoms. The van der Waals surface area contributed by atoms with Crippen LogP contribution in [0.4, 0.5) is 0 Å². The molecule has 0 aromatic heterocycles. The van der Waals surface area contributed by atoms with Crippen LogP contribution in [0.25, 0.3) is 0 Å². The molecule has 0 aromatic rings. The first-order valence-electron chi connectivity index (χ1n) is 13.1. The van der Waals surface area contributed by atoms with Crippen LogP contribution in [0.15, 0.2) is 0 Å². The van der Waals surface area contributed by atoms with Gasteiger partial charge in [0.05, 0.1) is 30.4 Å². The number of hydrogen-bond acceptors (Lipinski definition) is 6. The maximum atomic E-state index is 13.9. The molecule has 0 radical (unpaired) electrons. The van der Waals surface area contributed by atoms with Gasteiger partial charge in [-0.05, 0) is 67.5 Å². The molecule has 4 rings (SSSR count). The molecule has 1 N–H and O–H groups in total. The van der Waals surface area contributed by atoms with Crippen molar-refractivity contribution in [3.8, 4) is 6.07 Å². The summed E-state index contributed by atoms with van der Waals surface area (Å²) in [5, 5.41) is 21.5. The Balaban J connectivity index is 1.56. The lowest BCUT2D eigenvalue weighted by Crippen LogP contribution is -2.55. The number of hydrogen-bond donors (Lipinski definition) is 1. The summed E-state index contributed by atoms with van der Waals surface area (Å²) in [6, 6.07) is 1.96. The number of amides is 1. The summed E-state index contributed by atoms with van der Waals surface area (Å²) in [4.78, 5) is 13.9. The molecule has 35 heavy (non-hydrogen) atoms. The molecule has 9 heteroatoms. The molecule has 0 aromatic carbocycles. The minimum atomic E-state index is -3.71. The topological polar surface area (TPSA) is 108 Å². The zero-order valence-corrected chi connectivity index (χ0v) is 24.5. The number of carbonyl (C=O) groups excluding carboxylic acids is 1. The molecule has 0 unspecified atom stereocenters. The molecule has 3 saturated carbocycles. The third-order valence-electron chi connectivity index (χ3n) is 11.1. The molecule has 7 atom stereocenters. The summed E-state index contributed by atoms with van der Waals surface area (Å²) in [5.74, 6) is -1.51. The van der Waals surface area contributed by atoms with Crippen molar-refractivity contribution in [3.05, 3.63) is 0 Å². The van der Waals surface area contributed by atoms with Gasteiger partial charge in [0, 0.05) is 11.3 Å². The number of sulfonamides is 1. The Labute approximate surface area is 212 Å². The van der Waals surface area contributed by atoms with E-state index in [4.69, 9.17) is 4.43 Å². The lowest BCUT2D eigenvalue weighted by molar-refractivity contribution is -0.143. The largest absolute Gasteiger partial charge is 0.414 e. The van der Waals surface area contributed by atoms with Crippen LogP contribution >= 0.6 is 0 Å². The summed E-state index contributed by atoms with van der Waals surface area (Å²) in [6.45, 7) is 16.9. The van der Waals surface area contributed by atoms with Crippen LogP contribution < -0.4 is 0 Å². The van der Waals surface area contributed by atoms with Crippen molar-refractivity contribution in [2.75, 3.05) is 12.4 Å². The molecule has 1 amide bonds. The third kappa shape index (κ3) is 3.84. The molecule has 1 heterocycles. The van der Waals surface area contributed by atoms with Crippen LogP contribution in [0.1, 0.15) is 73.6 Å². The van der Waals surface area contributed by atoms with E-state index in [1.54, 1.807) is 0 Å². The van der Waals surface area contributed by atoms with Crippen LogP contribution in [0.3, 0.4) is 0 Å². The number of carbonyl (C=O) groups is 1. The summed E-state index contributed by atoms with van der Waals surface area (Å²) in [5.41, 5.74) is -1.81. The number of aliphatic hydroxyl groups is 1. The van der Waals surface area contributed by atoms with E-state index in [-0.39, 0.29) is 58.9 Å². The lowest BCUT2D eigenvalue weighted by atomic mass is 9.66. The van der Waals surface area contributed by atoms with Crippen molar-refractivity contribution >= 4 is 24.2 Å². The first-order valence-corrected chi connectivity index (χ1v) is 17.7. The van der Waals surface area contributed by atoms with Crippen molar-refractivity contribution in [2.24, 2.45) is 34.5 Å². The molecule has 3 aliphatic carbocycles. The monoisotopic (exact) mass is 524 g/mol. The fourth-order valence-corrected chi connectivity index (χ4v) is 11.1. The van der Waals surface area contributed by atoms with E-state index in [0.29, 0.717) is 5.92 Å². The second-order valence-corrected chi connectivity index (χ2v) is 20.8. The van der Waals surface area contributed by atoms with Gasteiger partial charge in [0.1, 0.15) is 5.60 Å². The minimum Gasteiger partial charge on any atom is -0.414 e. The van der Waals surface area contributed by atoms with Crippen LogP contribution in [-0.4, -0.2) is 56.1 Å². The Morgan fingerprint density at radius 1 is 1.26 bits per heavy atom. The van der Waals surface area contributed by atoms with E-state index >= 15 is 0 Å². The van der Waals surface area contributed by atoms with Gasteiger partial charge in [-0.15, -0.1) is 0 Å². The molecular formula is C26H44N2O5SSi. The van der Waals surface area contributed by atoms with E-state index < -0.39 is 35.8 Å². The summed E-state index contributed by atoms with van der Waals surface area (Å²) < 4.78 is 34.3. The predicted molar refractivity (Wildman–Crippen MR) is 137 cm³/mol. The highest BCUT2D eigenvalue weighted by atomic mass is 32.2. The fourth-order valence-electron chi connectivity index (χ4n) is 7.49. The van der Waals surface area contributed by atoms with Gasteiger partial charge in [-0.3, -0.25) is 4.79 Å². The number of fused-ring (bicyclic) bond motifs is 1. The van der Waals surface area contributed by atoms with Crippen LogP contribution in [0, 0.1) is 45.8 Å². The Bertz CT molecular complexity index is 1040. The van der Waals surface area contributed by atoms with Crippen molar-refractivity contribution in [2.45, 2.75) is 103 Å². The fraction of sp³-hybridized carbons (Fsp3) is 0.923. The summed E-state index contributed by atoms with van der Waals surface area (Å²) in [6.07, 6.45) is 3.02. The highest BCUT2D eigenvalue weighted by Crippen LogP contribution is 2.70. The van der Waals surface area contributed by atoms with Gasteiger partial charge < -0.3 is 9.53 Å². The smallest absolute Gasteiger partial charge is 0.239 e. The normalized spacial score (nSPS) is 42.1. The average Bonchev–Trinajstić information content (AvgIpc) is 3.19. The first-order chi connectivity index (χ1) is 15.8. The maximum Gasteiger partial charge on any atom is 0.239 e. The summed E-state index contributed by atoms with van der Waals surface area (Å²) in [7, 11) is -5.85. The molecule has 1 saturated heterocycles. The van der Waals surface area contributed by atoms with Crippen LogP contribution in [0.5, 0.6) is 0 Å². The molecule has 198 valence electrons. The molecule has 1 aliphatic heterocycles. The zero-order valence-electron chi connectivity index (χ0n) is 22.7. The number of nitrogens with zero attached hydrogens (tertiary/aromatic N) is 2. The molecule has 1 spiro atoms. The van der Waals surface area contributed by atoms with Gasteiger partial charge in [-0.2, -0.15) is 5.26 Å². The van der Waals surface area contributed by atoms with Crippen molar-refractivity contribution < 1.29 is 22.7 Å². The zero-order chi connectivity index (χ0) is 26.4. The molecular weight excluding hydrogens is 480 g/mol. The minimum absolute atomic E-state index is 0.0290. The van der Waals surface area contributed by atoms with Crippen LogP contribution in [0.2, 0.25) is 18.1 Å². The SMILES string of the molecule is C[C@H]1C[C@@](O)(CO[Si](C)(C)C(C)(C)C)[C@@H](C#N)C[C@@H]1C(=O)N1[C@H]2C[C@H]3CC[C@@]2(CS1(=O)=O)C3(C)C. The van der Waals surface area contributed by atoms with E-state index in [1.807, 2.05) is 6.92 Å². The standard InChI is InChI=1S/C26H44N2O5SSi/c1-17-13-26(30,15-33-35(7,8)23(2,3)4)19(14-27)11-20(17)22(29)28-21-12-18-9-10-25(21,24(18,5)6)16-34(28,31)32/h17-21,30H,9-13,15-16H2,1-8H3/t17-,18+,19+,20-,21-,25-,26+/m0/s1. The molecule has 4 fully saturated rings. The van der Waals surface area contributed by atoms with Gasteiger partial charge in [0.15, 0.2) is 8.32 Å². The second-order valence-electron chi connectivity index (χ2n) is 14.1. The number of rotatable bonds is 4. The van der Waals surface area contributed by atoms with Crippen molar-refractivity contribution in [1.82, 2.24) is 4.31 Å². The Hall–Kier alpha value is -0.953. The quantitative estimate of drug-likeness (QED) is 0.550. The van der Waals surface area contributed by atoms with Gasteiger partial charge >= 0.3 is 0 Å². The van der Waals surface area contributed by atoms with Crippen molar-refractivity contribution in [3.63, 3.8) is 0 Å². The Morgan fingerprint density at radius 3 is 2.43 bits per heavy atom. The molecule has 7 nitrogen and oxygen atoms in total. The maximum absolute atomic E-state index is 13.9. The van der Waals surface area contributed by atoms with Gasteiger partial charge in [0.2, 0.25) is 15.9 Å². The third-order valence-corrected chi connectivity index (χ3v) is 17.5. The first kappa shape index (κ1) is 27.1. The van der Waals surface area contributed by atoms with Gasteiger partial charge in [0.25, 0.3) is 0 Å². The Morgan fingerprint density at radius 2 is 1.89 bits per heavy atom. The predicted octanol–water partition coefficient (Wildman–Crippen LogP) is 4.29. The van der Waals surface area contributed by atoms with Gasteiger partial charge in [-0.1, -0.05) is 41.5 Å². The van der Waals surface area contributed by atoms with Crippen molar-refractivity contribution in [1.29, 1.82) is 5.26 Å². The highest BCUT2D eigenvalue weighted by molar-refractivity contribution is 7.90. The Kier molecular flexibility index (Phi) is 6.21. The number of nitriles is 1. The van der Waals surface area contributed by atoms with E-state index in [9.17, 15) is 23.6 Å². The lowest BCUT2D eigenvalue weighted by Gasteiger charge is -2.46. The van der Waals surface area contributed by atoms with E-state index in [0.717, 1.165) is 19.3 Å².